The van der Waals surface area contributed by atoms with Crippen molar-refractivity contribution in [2.24, 2.45) is 0 Å². The number of carbonyl (C=O) groups excluding carboxylic acids is 2. The first-order chi connectivity index (χ1) is 18.2. The van der Waals surface area contributed by atoms with Crippen LogP contribution in [-0.2, 0) is 19.1 Å². The number of rotatable bonds is 12. The number of ether oxygens (including phenoxy) is 4. The fourth-order valence-corrected chi connectivity index (χ4v) is 3.27. The zero-order valence-electron chi connectivity index (χ0n) is 21.2. The van der Waals surface area contributed by atoms with Crippen LogP contribution in [0.25, 0.3) is 22.3 Å². The van der Waals surface area contributed by atoms with E-state index in [-0.39, 0.29) is 49.1 Å². The molecule has 0 heterocycles. The third-order valence-corrected chi connectivity index (χ3v) is 5.26. The quantitative estimate of drug-likeness (QED) is 0.158. The van der Waals surface area contributed by atoms with Crippen molar-refractivity contribution in [2.45, 2.75) is 13.8 Å². The third-order valence-electron chi connectivity index (χ3n) is 5.26. The fourth-order valence-electron chi connectivity index (χ4n) is 3.27. The Morgan fingerprint density at radius 2 is 0.947 bits per heavy atom. The summed E-state index contributed by atoms with van der Waals surface area (Å²) in [6, 6.07) is 16.4. The summed E-state index contributed by atoms with van der Waals surface area (Å²) < 4.78 is 49.6. The van der Waals surface area contributed by atoms with Gasteiger partial charge in [0.05, 0.1) is 0 Å². The molecule has 0 amide bonds. The lowest BCUT2D eigenvalue weighted by Gasteiger charge is -2.11. The molecule has 3 aromatic rings. The summed E-state index contributed by atoms with van der Waals surface area (Å²) in [5, 5.41) is 0. The van der Waals surface area contributed by atoms with Crippen molar-refractivity contribution in [3.05, 3.63) is 96.6 Å². The maximum atomic E-state index is 14.5. The maximum absolute atomic E-state index is 14.5. The van der Waals surface area contributed by atoms with E-state index in [0.717, 1.165) is 11.1 Å². The molecule has 3 aromatic carbocycles. The lowest BCUT2D eigenvalue weighted by molar-refractivity contribution is -0.140. The first-order valence-electron chi connectivity index (χ1n) is 11.8. The third kappa shape index (κ3) is 7.77. The van der Waals surface area contributed by atoms with Crippen LogP contribution < -0.4 is 9.47 Å². The van der Waals surface area contributed by atoms with Crippen molar-refractivity contribution in [1.82, 2.24) is 0 Å². The van der Waals surface area contributed by atoms with Crippen LogP contribution in [0.15, 0.2) is 85.0 Å². The van der Waals surface area contributed by atoms with E-state index in [9.17, 15) is 18.4 Å². The summed E-state index contributed by atoms with van der Waals surface area (Å²) in [6.45, 7) is 10.0. The molecule has 0 aliphatic heterocycles. The van der Waals surface area contributed by atoms with E-state index in [1.165, 1.54) is 38.1 Å². The smallest absolute Gasteiger partial charge is 0.333 e. The Labute approximate surface area is 220 Å². The van der Waals surface area contributed by atoms with Gasteiger partial charge in [-0.15, -0.1) is 0 Å². The predicted octanol–water partition coefficient (Wildman–Crippen LogP) is 6.30. The minimum Gasteiger partial charge on any atom is -0.487 e. The van der Waals surface area contributed by atoms with Crippen molar-refractivity contribution >= 4 is 11.9 Å². The van der Waals surface area contributed by atoms with Gasteiger partial charge in [-0.3, -0.25) is 0 Å². The van der Waals surface area contributed by atoms with Crippen molar-refractivity contribution < 1.29 is 37.3 Å². The average molecular weight is 523 g/mol. The van der Waals surface area contributed by atoms with Gasteiger partial charge in [-0.1, -0.05) is 49.6 Å². The molecule has 0 aromatic heterocycles. The average Bonchev–Trinajstić information content (AvgIpc) is 2.90. The molecular weight excluding hydrogens is 494 g/mol. The molecule has 0 saturated heterocycles. The van der Waals surface area contributed by atoms with E-state index < -0.39 is 23.6 Å². The number of hydrogen-bond acceptors (Lipinski definition) is 6. The second-order valence-electron chi connectivity index (χ2n) is 8.40. The highest BCUT2D eigenvalue weighted by Gasteiger charge is 2.10. The highest BCUT2D eigenvalue weighted by atomic mass is 19.1. The minimum atomic E-state index is -0.551. The van der Waals surface area contributed by atoms with Crippen molar-refractivity contribution in [1.29, 1.82) is 0 Å². The number of carbonyl (C=O) groups is 2. The molecule has 38 heavy (non-hydrogen) atoms. The van der Waals surface area contributed by atoms with E-state index >= 15 is 0 Å². The molecule has 0 fully saturated rings. The molecule has 0 radical (unpaired) electrons. The van der Waals surface area contributed by atoms with E-state index in [4.69, 9.17) is 18.9 Å². The van der Waals surface area contributed by atoms with Crippen LogP contribution in [0.2, 0.25) is 0 Å². The van der Waals surface area contributed by atoms with Crippen molar-refractivity contribution in [3.63, 3.8) is 0 Å². The number of halogens is 2. The lowest BCUT2D eigenvalue weighted by Crippen LogP contribution is -2.12. The molecule has 0 N–H and O–H groups in total. The minimum absolute atomic E-state index is 0.00678. The molecule has 8 heteroatoms. The summed E-state index contributed by atoms with van der Waals surface area (Å²) in [6.07, 6.45) is 0. The zero-order chi connectivity index (χ0) is 27.7. The number of benzene rings is 3. The lowest BCUT2D eigenvalue weighted by atomic mass is 10.00. The Kier molecular flexibility index (Phi) is 9.76. The van der Waals surface area contributed by atoms with Gasteiger partial charge < -0.3 is 18.9 Å². The van der Waals surface area contributed by atoms with Gasteiger partial charge in [0.2, 0.25) is 0 Å². The Morgan fingerprint density at radius 3 is 1.26 bits per heavy atom. The Balaban J connectivity index is 1.58. The number of hydrogen-bond donors (Lipinski definition) is 0. The molecule has 3 rings (SSSR count). The highest BCUT2D eigenvalue weighted by Crippen LogP contribution is 2.30. The van der Waals surface area contributed by atoms with Gasteiger partial charge in [0.25, 0.3) is 0 Å². The fraction of sp³-hybridized carbons (Fsp3) is 0.200. The number of esters is 2. The van der Waals surface area contributed by atoms with Gasteiger partial charge in [-0.25, -0.2) is 18.4 Å². The van der Waals surface area contributed by atoms with Crippen LogP contribution in [0.3, 0.4) is 0 Å². The standard InChI is InChI=1S/C30H28F2O6/c1-19(2)29(33)37-15-13-35-27-11-9-23(17-25(27)31)21-5-7-22(8-6-21)24-10-12-28(26(32)18-24)36-14-16-38-30(34)20(3)4/h5-12,17-18H,1,3,13-16H2,2,4H3. The second-order valence-corrected chi connectivity index (χ2v) is 8.40. The van der Waals surface area contributed by atoms with Gasteiger partial charge in [-0.2, -0.15) is 0 Å². The van der Waals surface area contributed by atoms with Gasteiger partial charge in [-0.05, 0) is 60.4 Å². The highest BCUT2D eigenvalue weighted by molar-refractivity contribution is 5.87. The van der Waals surface area contributed by atoms with Crippen LogP contribution in [0, 0.1) is 11.6 Å². The largest absolute Gasteiger partial charge is 0.487 e. The molecule has 198 valence electrons. The van der Waals surface area contributed by atoms with Gasteiger partial charge in [0, 0.05) is 11.1 Å². The van der Waals surface area contributed by atoms with Crippen LogP contribution in [-0.4, -0.2) is 38.4 Å². The van der Waals surface area contributed by atoms with Gasteiger partial charge >= 0.3 is 11.9 Å². The molecule has 0 aliphatic rings. The van der Waals surface area contributed by atoms with E-state index in [1.807, 2.05) is 0 Å². The summed E-state index contributed by atoms with van der Waals surface area (Å²) in [7, 11) is 0. The van der Waals surface area contributed by atoms with Crippen molar-refractivity contribution in [3.8, 4) is 33.8 Å². The van der Waals surface area contributed by atoms with Crippen molar-refractivity contribution in [2.75, 3.05) is 26.4 Å². The molecule has 0 aliphatic carbocycles. The topological polar surface area (TPSA) is 71.1 Å². The van der Waals surface area contributed by atoms with Gasteiger partial charge in [0.1, 0.15) is 26.4 Å². The Hall–Kier alpha value is -4.46. The normalized spacial score (nSPS) is 10.4. The molecular formula is C30H28F2O6. The van der Waals surface area contributed by atoms with E-state index in [1.54, 1.807) is 36.4 Å². The monoisotopic (exact) mass is 522 g/mol. The second kappa shape index (κ2) is 13.2. The predicted molar refractivity (Wildman–Crippen MR) is 140 cm³/mol. The Morgan fingerprint density at radius 1 is 0.605 bits per heavy atom. The van der Waals surface area contributed by atoms with Crippen LogP contribution in [0.4, 0.5) is 8.78 Å². The van der Waals surface area contributed by atoms with Crippen LogP contribution >= 0.6 is 0 Å². The molecule has 0 saturated carbocycles. The molecule has 0 atom stereocenters. The first kappa shape index (κ1) is 28.1. The first-order valence-corrected chi connectivity index (χ1v) is 11.8. The Bertz CT molecular complexity index is 1230. The SMILES string of the molecule is C=C(C)C(=O)OCCOc1ccc(-c2ccc(-c3ccc(OCCOC(=O)C(=C)C)c(F)c3)cc2)cc1F. The summed E-state index contributed by atoms with van der Waals surface area (Å²) in [5.41, 5.74) is 3.35. The molecule has 6 nitrogen and oxygen atoms in total. The van der Waals surface area contributed by atoms with Gasteiger partial charge in [0.15, 0.2) is 23.1 Å². The molecule has 0 unspecified atom stereocenters. The summed E-state index contributed by atoms with van der Waals surface area (Å²) >= 11 is 0. The summed E-state index contributed by atoms with van der Waals surface area (Å²) in [5.74, 6) is -2.07. The van der Waals surface area contributed by atoms with E-state index in [2.05, 4.69) is 13.2 Å². The zero-order valence-corrected chi connectivity index (χ0v) is 21.2. The van der Waals surface area contributed by atoms with Crippen LogP contribution in [0.1, 0.15) is 13.8 Å². The molecule has 0 spiro atoms. The molecule has 0 bridgehead atoms. The van der Waals surface area contributed by atoms with E-state index in [0.29, 0.717) is 11.1 Å². The maximum Gasteiger partial charge on any atom is 0.333 e. The summed E-state index contributed by atoms with van der Waals surface area (Å²) in [4.78, 5) is 22.7. The van der Waals surface area contributed by atoms with Crippen LogP contribution in [0.5, 0.6) is 11.5 Å².